The number of nitrogens with two attached hydrogens (primary N) is 1. The highest BCUT2D eigenvalue weighted by atomic mass is 16.5. The fourth-order valence-electron chi connectivity index (χ4n) is 2.37. The summed E-state index contributed by atoms with van der Waals surface area (Å²) in [5.74, 6) is 2.40. The van der Waals surface area contributed by atoms with Crippen molar-refractivity contribution in [2.24, 2.45) is 11.7 Å². The topological polar surface area (TPSA) is 74.2 Å². The van der Waals surface area contributed by atoms with Gasteiger partial charge < -0.3 is 15.0 Å². The van der Waals surface area contributed by atoms with E-state index in [1.807, 2.05) is 30.3 Å². The Morgan fingerprint density at radius 3 is 2.90 bits per heavy atom. The third kappa shape index (κ3) is 2.97. The second-order valence-corrected chi connectivity index (χ2v) is 5.69. The molecule has 0 aliphatic carbocycles. The Kier molecular flexibility index (Phi) is 3.75. The molecular formula is C16H19N3O2. The lowest BCUT2D eigenvalue weighted by Gasteiger charge is -2.15. The highest BCUT2D eigenvalue weighted by Gasteiger charge is 2.20. The van der Waals surface area contributed by atoms with Gasteiger partial charge in [0.15, 0.2) is 0 Å². The van der Waals surface area contributed by atoms with Crippen LogP contribution in [0.1, 0.15) is 43.6 Å². The van der Waals surface area contributed by atoms with Gasteiger partial charge in [0.2, 0.25) is 11.7 Å². The fraction of sp³-hybridized carbons (Fsp3) is 0.375. The molecule has 0 amide bonds. The minimum Gasteiger partial charge on any atom is -0.488 e. The van der Waals surface area contributed by atoms with Gasteiger partial charge in [0.25, 0.3) is 0 Å². The largest absolute Gasteiger partial charge is 0.488 e. The number of benzene rings is 1. The van der Waals surface area contributed by atoms with Gasteiger partial charge >= 0.3 is 0 Å². The molecule has 0 bridgehead atoms. The van der Waals surface area contributed by atoms with Crippen molar-refractivity contribution in [1.29, 1.82) is 0 Å². The van der Waals surface area contributed by atoms with E-state index < -0.39 is 0 Å². The molecule has 0 radical (unpaired) electrons. The molecule has 0 saturated carbocycles. The molecule has 0 saturated heterocycles. The van der Waals surface area contributed by atoms with Crippen LogP contribution >= 0.6 is 0 Å². The molecule has 3 rings (SSSR count). The van der Waals surface area contributed by atoms with Crippen molar-refractivity contribution >= 4 is 11.6 Å². The Labute approximate surface area is 123 Å². The average Bonchev–Trinajstić information content (AvgIpc) is 2.96. The zero-order chi connectivity index (χ0) is 14.8. The Bertz CT molecular complexity index is 661. The zero-order valence-corrected chi connectivity index (χ0v) is 12.2. The van der Waals surface area contributed by atoms with E-state index in [1.165, 1.54) is 0 Å². The van der Waals surface area contributed by atoms with Crippen molar-refractivity contribution < 1.29 is 9.26 Å². The van der Waals surface area contributed by atoms with E-state index in [0.29, 0.717) is 24.2 Å². The number of aromatic nitrogens is 2. The van der Waals surface area contributed by atoms with Gasteiger partial charge in [0, 0.05) is 11.1 Å². The monoisotopic (exact) mass is 285 g/mol. The maximum absolute atomic E-state index is 6.07. The van der Waals surface area contributed by atoms with Gasteiger partial charge in [0.1, 0.15) is 12.4 Å². The first-order chi connectivity index (χ1) is 10.1. The van der Waals surface area contributed by atoms with Crippen LogP contribution in [-0.4, -0.2) is 16.7 Å². The first-order valence-electron chi connectivity index (χ1n) is 7.15. The van der Waals surface area contributed by atoms with Crippen LogP contribution in [0.2, 0.25) is 0 Å². The summed E-state index contributed by atoms with van der Waals surface area (Å²) in [4.78, 5) is 4.41. The van der Waals surface area contributed by atoms with Gasteiger partial charge in [-0.3, -0.25) is 0 Å². The minimum atomic E-state index is -0.219. The van der Waals surface area contributed by atoms with Crippen LogP contribution in [0.25, 0.3) is 11.6 Å². The number of rotatable bonds is 4. The first kappa shape index (κ1) is 13.8. The number of hydrogen-bond acceptors (Lipinski definition) is 5. The van der Waals surface area contributed by atoms with Crippen LogP contribution in [0, 0.1) is 5.92 Å². The highest BCUT2D eigenvalue weighted by molar-refractivity contribution is 5.82. The zero-order valence-electron chi connectivity index (χ0n) is 12.2. The summed E-state index contributed by atoms with van der Waals surface area (Å²) in [6, 6.07) is 7.66. The maximum Gasteiger partial charge on any atom is 0.243 e. The molecule has 1 aliphatic rings. The molecule has 1 unspecified atom stereocenters. The third-order valence-corrected chi connectivity index (χ3v) is 3.40. The van der Waals surface area contributed by atoms with Crippen molar-refractivity contribution in [2.45, 2.75) is 26.3 Å². The molecule has 0 spiro atoms. The van der Waals surface area contributed by atoms with Gasteiger partial charge in [-0.1, -0.05) is 37.2 Å². The molecule has 5 nitrogen and oxygen atoms in total. The number of fused-ring (bicyclic) bond motifs is 1. The van der Waals surface area contributed by atoms with E-state index in [0.717, 1.165) is 23.3 Å². The number of hydrogen-bond donors (Lipinski definition) is 1. The molecule has 110 valence electrons. The second-order valence-electron chi connectivity index (χ2n) is 5.69. The third-order valence-electron chi connectivity index (χ3n) is 3.40. The Morgan fingerprint density at radius 1 is 1.29 bits per heavy atom. The molecule has 1 aromatic heterocycles. The maximum atomic E-state index is 6.07. The summed E-state index contributed by atoms with van der Waals surface area (Å²) in [5.41, 5.74) is 8.00. The molecule has 2 N–H and O–H groups in total. The van der Waals surface area contributed by atoms with Gasteiger partial charge in [-0.25, -0.2) is 0 Å². The van der Waals surface area contributed by atoms with Crippen LogP contribution in [0.15, 0.2) is 28.8 Å². The second kappa shape index (κ2) is 5.69. The quantitative estimate of drug-likeness (QED) is 0.934. The lowest BCUT2D eigenvalue weighted by molar-refractivity contribution is 0.332. The summed E-state index contributed by atoms with van der Waals surface area (Å²) in [7, 11) is 0. The Hall–Kier alpha value is -2.14. The molecule has 1 aliphatic heterocycles. The first-order valence-corrected chi connectivity index (χ1v) is 7.15. The molecule has 5 heteroatoms. The minimum absolute atomic E-state index is 0.219. The van der Waals surface area contributed by atoms with Gasteiger partial charge in [-0.05, 0) is 24.5 Å². The molecule has 2 heterocycles. The summed E-state index contributed by atoms with van der Waals surface area (Å²) in [5, 5.41) is 4.03. The predicted octanol–water partition coefficient (Wildman–Crippen LogP) is 3.05. The van der Waals surface area contributed by atoms with Crippen LogP contribution in [-0.2, 0) is 0 Å². The van der Waals surface area contributed by atoms with E-state index in [9.17, 15) is 0 Å². The lowest BCUT2D eigenvalue weighted by Crippen LogP contribution is -2.13. The summed E-state index contributed by atoms with van der Waals surface area (Å²) < 4.78 is 11.0. The van der Waals surface area contributed by atoms with Crippen molar-refractivity contribution in [1.82, 2.24) is 10.1 Å². The van der Waals surface area contributed by atoms with Crippen molar-refractivity contribution in [3.05, 3.63) is 41.5 Å². The van der Waals surface area contributed by atoms with Crippen molar-refractivity contribution in [3.63, 3.8) is 0 Å². The van der Waals surface area contributed by atoms with Gasteiger partial charge in [-0.2, -0.15) is 4.98 Å². The smallest absolute Gasteiger partial charge is 0.243 e. The molecule has 2 aromatic rings. The summed E-state index contributed by atoms with van der Waals surface area (Å²) in [6.07, 6.45) is 2.85. The standard InChI is InChI=1S/C16H19N3O2/c1-10(2)7-13(17)16-18-15(19-21-16)12-8-11-5-3-4-6-14(11)20-9-12/h3-6,8,10,13H,7,9,17H2,1-2H3. The number of para-hydroxylation sites is 1. The predicted molar refractivity (Wildman–Crippen MR) is 80.5 cm³/mol. The van der Waals surface area contributed by atoms with E-state index >= 15 is 0 Å². The van der Waals surface area contributed by atoms with E-state index in [2.05, 4.69) is 24.0 Å². The molecular weight excluding hydrogens is 266 g/mol. The molecule has 0 fully saturated rings. The van der Waals surface area contributed by atoms with Crippen LogP contribution < -0.4 is 10.5 Å². The summed E-state index contributed by atoms with van der Waals surface area (Å²) in [6.45, 7) is 4.67. The van der Waals surface area contributed by atoms with Gasteiger partial charge in [-0.15, -0.1) is 0 Å². The molecule has 1 aromatic carbocycles. The number of ether oxygens (including phenoxy) is 1. The molecule has 21 heavy (non-hydrogen) atoms. The van der Waals surface area contributed by atoms with Crippen LogP contribution in [0.5, 0.6) is 5.75 Å². The Morgan fingerprint density at radius 2 is 2.10 bits per heavy atom. The van der Waals surface area contributed by atoms with Crippen molar-refractivity contribution in [2.75, 3.05) is 6.61 Å². The summed E-state index contributed by atoms with van der Waals surface area (Å²) >= 11 is 0. The number of nitrogens with zero attached hydrogens (tertiary/aromatic N) is 2. The molecule has 1 atom stereocenters. The van der Waals surface area contributed by atoms with E-state index in [1.54, 1.807) is 0 Å². The van der Waals surface area contributed by atoms with Crippen molar-refractivity contribution in [3.8, 4) is 5.75 Å². The van der Waals surface area contributed by atoms with Gasteiger partial charge in [0.05, 0.1) is 6.04 Å². The fourth-order valence-corrected chi connectivity index (χ4v) is 2.37. The lowest BCUT2D eigenvalue weighted by atomic mass is 10.0. The normalized spacial score (nSPS) is 15.3. The average molecular weight is 285 g/mol. The van der Waals surface area contributed by atoms with Crippen LogP contribution in [0.3, 0.4) is 0 Å². The highest BCUT2D eigenvalue weighted by Crippen LogP contribution is 2.29. The van der Waals surface area contributed by atoms with E-state index in [-0.39, 0.29) is 6.04 Å². The van der Waals surface area contributed by atoms with E-state index in [4.69, 9.17) is 15.0 Å². The van der Waals surface area contributed by atoms with Crippen LogP contribution in [0.4, 0.5) is 0 Å². The SMILES string of the molecule is CC(C)CC(N)c1nc(C2=Cc3ccccc3OC2)no1. The Balaban J connectivity index is 1.83.